The number of non-ortho nitro benzene ring substituents is 1. The number of hydrogen-bond donors (Lipinski definition) is 2. The van der Waals surface area contributed by atoms with E-state index < -0.39 is 10.8 Å². The van der Waals surface area contributed by atoms with E-state index in [9.17, 15) is 14.9 Å². The molecule has 2 aromatic rings. The van der Waals surface area contributed by atoms with Gasteiger partial charge < -0.3 is 5.32 Å². The smallest absolute Gasteiger partial charge is 0.270 e. The number of anilines is 1. The zero-order valence-electron chi connectivity index (χ0n) is 11.4. The van der Waals surface area contributed by atoms with Crippen molar-refractivity contribution in [3.8, 4) is 0 Å². The molecule has 23 heavy (non-hydrogen) atoms. The summed E-state index contributed by atoms with van der Waals surface area (Å²) in [5.41, 5.74) is 0.406. The number of rotatable bonds is 3. The van der Waals surface area contributed by atoms with E-state index in [1.165, 1.54) is 24.3 Å². The monoisotopic (exact) mass is 369 g/mol. The molecule has 0 bridgehead atoms. The second-order valence-corrected chi connectivity index (χ2v) is 5.59. The molecule has 2 aromatic carbocycles. The summed E-state index contributed by atoms with van der Waals surface area (Å²) in [5.74, 6) is -0.573. The van der Waals surface area contributed by atoms with E-state index in [4.69, 9.17) is 35.4 Å². The molecule has 0 aliphatic rings. The predicted molar refractivity (Wildman–Crippen MR) is 93.2 cm³/mol. The molecular weight excluding hydrogens is 361 g/mol. The molecule has 0 fully saturated rings. The molecule has 0 radical (unpaired) electrons. The number of hydrogen-bond acceptors (Lipinski definition) is 4. The Kier molecular flexibility index (Phi) is 5.49. The zero-order chi connectivity index (χ0) is 17.0. The van der Waals surface area contributed by atoms with Crippen LogP contribution in [0.4, 0.5) is 11.4 Å². The van der Waals surface area contributed by atoms with Crippen LogP contribution >= 0.6 is 35.4 Å². The van der Waals surface area contributed by atoms with E-state index >= 15 is 0 Å². The molecule has 9 heteroatoms. The summed E-state index contributed by atoms with van der Waals surface area (Å²) in [6.07, 6.45) is 0. The van der Waals surface area contributed by atoms with Crippen LogP contribution in [0.15, 0.2) is 42.5 Å². The summed E-state index contributed by atoms with van der Waals surface area (Å²) >= 11 is 16.8. The Morgan fingerprint density at radius 3 is 2.57 bits per heavy atom. The van der Waals surface area contributed by atoms with Crippen LogP contribution in [-0.4, -0.2) is 15.9 Å². The Morgan fingerprint density at radius 1 is 1.17 bits per heavy atom. The van der Waals surface area contributed by atoms with E-state index in [1.807, 2.05) is 0 Å². The number of nitro groups is 1. The number of nitrogens with zero attached hydrogens (tertiary/aromatic N) is 1. The van der Waals surface area contributed by atoms with Gasteiger partial charge in [-0.2, -0.15) is 0 Å². The van der Waals surface area contributed by atoms with Crippen molar-refractivity contribution in [3.63, 3.8) is 0 Å². The molecule has 0 unspecified atom stereocenters. The summed E-state index contributed by atoms with van der Waals surface area (Å²) in [5, 5.41) is 16.7. The summed E-state index contributed by atoms with van der Waals surface area (Å²) < 4.78 is 0. The highest BCUT2D eigenvalue weighted by atomic mass is 35.5. The van der Waals surface area contributed by atoms with Gasteiger partial charge in [0, 0.05) is 22.7 Å². The first-order chi connectivity index (χ1) is 10.9. The van der Waals surface area contributed by atoms with Gasteiger partial charge in [0.2, 0.25) is 0 Å². The number of carbonyl (C=O) groups excluding carboxylic acids is 1. The Balaban J connectivity index is 2.06. The van der Waals surface area contributed by atoms with Crippen molar-refractivity contribution in [2.45, 2.75) is 0 Å². The molecule has 6 nitrogen and oxygen atoms in total. The molecular formula is C14H9Cl2N3O3S. The third kappa shape index (κ3) is 4.62. The number of benzene rings is 2. The summed E-state index contributed by atoms with van der Waals surface area (Å²) in [7, 11) is 0. The van der Waals surface area contributed by atoms with Crippen molar-refractivity contribution in [1.82, 2.24) is 5.32 Å². The van der Waals surface area contributed by atoms with Crippen LogP contribution in [-0.2, 0) is 0 Å². The molecule has 1 amide bonds. The Morgan fingerprint density at radius 2 is 1.91 bits per heavy atom. The van der Waals surface area contributed by atoms with Crippen molar-refractivity contribution in [1.29, 1.82) is 0 Å². The van der Waals surface area contributed by atoms with E-state index in [1.54, 1.807) is 12.1 Å². The quantitative estimate of drug-likeness (QED) is 0.484. The standard InChI is InChI=1S/C14H9Cl2N3O3S/c15-9-4-5-12(11(16)7-9)17-14(23)18-13(20)8-2-1-3-10(6-8)19(21)22/h1-7H,(H2,17,18,20,23). The van der Waals surface area contributed by atoms with Crippen LogP contribution in [0.5, 0.6) is 0 Å². The van der Waals surface area contributed by atoms with Gasteiger partial charge in [-0.1, -0.05) is 29.3 Å². The average molecular weight is 370 g/mol. The number of amides is 1. The predicted octanol–water partition coefficient (Wildman–Crippen LogP) is 4.03. The Hall–Kier alpha value is -2.22. The average Bonchev–Trinajstić information content (AvgIpc) is 2.50. The first-order valence-corrected chi connectivity index (χ1v) is 7.35. The van der Waals surface area contributed by atoms with E-state index in [2.05, 4.69) is 10.6 Å². The maximum absolute atomic E-state index is 12.0. The third-order valence-electron chi connectivity index (χ3n) is 2.73. The number of carbonyl (C=O) groups is 1. The maximum Gasteiger partial charge on any atom is 0.270 e. The minimum atomic E-state index is -0.583. The van der Waals surface area contributed by atoms with E-state index in [0.717, 1.165) is 6.07 Å². The van der Waals surface area contributed by atoms with Gasteiger partial charge in [-0.25, -0.2) is 0 Å². The van der Waals surface area contributed by atoms with Gasteiger partial charge in [-0.3, -0.25) is 20.2 Å². The fourth-order valence-corrected chi connectivity index (χ4v) is 2.34. The van der Waals surface area contributed by atoms with Crippen LogP contribution in [0, 0.1) is 10.1 Å². The highest BCUT2D eigenvalue weighted by molar-refractivity contribution is 7.80. The molecule has 118 valence electrons. The number of nitro benzene ring substituents is 1. The SMILES string of the molecule is O=C(NC(=S)Nc1ccc(Cl)cc1Cl)c1cccc([N+](=O)[O-])c1. The zero-order valence-corrected chi connectivity index (χ0v) is 13.7. The van der Waals surface area contributed by atoms with E-state index in [0.29, 0.717) is 15.7 Å². The molecule has 0 saturated heterocycles. The second-order valence-electron chi connectivity index (χ2n) is 4.34. The van der Waals surface area contributed by atoms with Crippen LogP contribution < -0.4 is 10.6 Å². The number of halogens is 2. The van der Waals surface area contributed by atoms with Crippen molar-refractivity contribution >= 4 is 57.8 Å². The summed E-state index contributed by atoms with van der Waals surface area (Å²) in [6.45, 7) is 0. The fourth-order valence-electron chi connectivity index (χ4n) is 1.68. The van der Waals surface area contributed by atoms with Crippen LogP contribution in [0.25, 0.3) is 0 Å². The van der Waals surface area contributed by atoms with E-state index in [-0.39, 0.29) is 16.4 Å². The molecule has 0 aromatic heterocycles. The van der Waals surface area contributed by atoms with Crippen LogP contribution in [0.3, 0.4) is 0 Å². The highest BCUT2D eigenvalue weighted by Gasteiger charge is 2.13. The molecule has 0 heterocycles. The first-order valence-electron chi connectivity index (χ1n) is 6.18. The lowest BCUT2D eigenvalue weighted by atomic mass is 10.2. The van der Waals surface area contributed by atoms with Crippen LogP contribution in [0.1, 0.15) is 10.4 Å². The second kappa shape index (κ2) is 7.36. The molecule has 0 aliphatic heterocycles. The lowest BCUT2D eigenvalue weighted by molar-refractivity contribution is -0.384. The molecule has 2 N–H and O–H groups in total. The summed E-state index contributed by atoms with van der Waals surface area (Å²) in [4.78, 5) is 22.2. The minimum absolute atomic E-state index is 0.00530. The van der Waals surface area contributed by atoms with Crippen molar-refractivity contribution in [2.75, 3.05) is 5.32 Å². The lowest BCUT2D eigenvalue weighted by Crippen LogP contribution is -2.34. The fraction of sp³-hybridized carbons (Fsp3) is 0. The number of nitrogens with one attached hydrogen (secondary N) is 2. The van der Waals surface area contributed by atoms with Gasteiger partial charge in [-0.15, -0.1) is 0 Å². The molecule has 0 saturated carbocycles. The van der Waals surface area contributed by atoms with Gasteiger partial charge in [-0.05, 0) is 36.5 Å². The Bertz CT molecular complexity index is 799. The lowest BCUT2D eigenvalue weighted by Gasteiger charge is -2.11. The minimum Gasteiger partial charge on any atom is -0.331 e. The molecule has 0 atom stereocenters. The van der Waals surface area contributed by atoms with Gasteiger partial charge in [0.1, 0.15) is 0 Å². The van der Waals surface area contributed by atoms with Crippen molar-refractivity contribution < 1.29 is 9.72 Å². The van der Waals surface area contributed by atoms with Gasteiger partial charge in [0.25, 0.3) is 11.6 Å². The molecule has 0 aliphatic carbocycles. The Labute approximate surface area is 146 Å². The molecule has 2 rings (SSSR count). The van der Waals surface area contributed by atoms with Gasteiger partial charge >= 0.3 is 0 Å². The van der Waals surface area contributed by atoms with Crippen molar-refractivity contribution in [2.24, 2.45) is 0 Å². The highest BCUT2D eigenvalue weighted by Crippen LogP contribution is 2.25. The van der Waals surface area contributed by atoms with Crippen LogP contribution in [0.2, 0.25) is 10.0 Å². The van der Waals surface area contributed by atoms with Gasteiger partial charge in [0.15, 0.2) is 5.11 Å². The largest absolute Gasteiger partial charge is 0.331 e. The van der Waals surface area contributed by atoms with Crippen molar-refractivity contribution in [3.05, 3.63) is 68.2 Å². The van der Waals surface area contributed by atoms with Gasteiger partial charge in [0.05, 0.1) is 15.6 Å². The normalized spacial score (nSPS) is 10.0. The third-order valence-corrected chi connectivity index (χ3v) is 3.48. The molecule has 0 spiro atoms. The first kappa shape index (κ1) is 17.1. The topological polar surface area (TPSA) is 84.3 Å². The summed E-state index contributed by atoms with van der Waals surface area (Å²) in [6, 6.07) is 10.1. The maximum atomic E-state index is 12.0. The number of thiocarbonyl (C=S) groups is 1.